The largest absolute Gasteiger partial charge is 0.425 e. The third-order valence-corrected chi connectivity index (χ3v) is 4.57. The van der Waals surface area contributed by atoms with Crippen LogP contribution in [0.15, 0.2) is 41.3 Å². The average molecular weight is 316 g/mol. The fourth-order valence-corrected chi connectivity index (χ4v) is 3.19. The normalized spacial score (nSPS) is 11.6. The third kappa shape index (κ3) is 4.04. The molecule has 0 aromatic heterocycles. The van der Waals surface area contributed by atoms with Crippen LogP contribution >= 0.6 is 11.8 Å². The van der Waals surface area contributed by atoms with Crippen LogP contribution in [0.2, 0.25) is 0 Å². The summed E-state index contributed by atoms with van der Waals surface area (Å²) in [5.41, 5.74) is -0.504. The molecular formula is C19H24O2S. The zero-order valence-electron chi connectivity index (χ0n) is 13.8. The lowest BCUT2D eigenvalue weighted by molar-refractivity contribution is -0.142. The molecule has 0 heterocycles. The van der Waals surface area contributed by atoms with Gasteiger partial charge in [-0.05, 0) is 50.5 Å². The smallest absolute Gasteiger partial charge is 0.316 e. The number of esters is 1. The standard InChI is InChI=1S/C19H24O2S/c1-5-6-13-22-17-12-11-16(21-18(20)19(2,3)4)14-9-7-8-10-15(14)17/h7-12H,5-6,13H2,1-4H3. The van der Waals surface area contributed by atoms with Crippen LogP contribution in [0.1, 0.15) is 40.5 Å². The summed E-state index contributed by atoms with van der Waals surface area (Å²) < 4.78 is 5.62. The SMILES string of the molecule is CCCCSc1ccc(OC(=O)C(C)(C)C)c2ccccc12. The molecule has 0 saturated heterocycles. The Morgan fingerprint density at radius 1 is 1.09 bits per heavy atom. The molecule has 0 fully saturated rings. The molecule has 0 amide bonds. The Hall–Kier alpha value is -1.48. The van der Waals surface area contributed by atoms with Gasteiger partial charge in [0.15, 0.2) is 0 Å². The summed E-state index contributed by atoms with van der Waals surface area (Å²) in [5, 5.41) is 2.16. The molecule has 0 saturated carbocycles. The fraction of sp³-hybridized carbons (Fsp3) is 0.421. The van der Waals surface area contributed by atoms with Gasteiger partial charge in [-0.25, -0.2) is 0 Å². The Balaban J connectivity index is 2.34. The monoisotopic (exact) mass is 316 g/mol. The van der Waals surface area contributed by atoms with Gasteiger partial charge in [0, 0.05) is 10.3 Å². The molecule has 2 rings (SSSR count). The van der Waals surface area contributed by atoms with Crippen LogP contribution < -0.4 is 4.74 Å². The lowest BCUT2D eigenvalue weighted by atomic mass is 9.97. The number of carbonyl (C=O) groups excluding carboxylic acids is 1. The molecule has 2 aromatic carbocycles. The Morgan fingerprint density at radius 2 is 1.77 bits per heavy atom. The number of rotatable bonds is 5. The van der Waals surface area contributed by atoms with E-state index < -0.39 is 5.41 Å². The summed E-state index contributed by atoms with van der Waals surface area (Å²) in [6, 6.07) is 12.1. The van der Waals surface area contributed by atoms with Gasteiger partial charge >= 0.3 is 5.97 Å². The number of ether oxygens (including phenoxy) is 1. The Labute approximate surface area is 137 Å². The van der Waals surface area contributed by atoms with Crippen LogP contribution in [0.4, 0.5) is 0 Å². The number of hydrogen-bond donors (Lipinski definition) is 0. The molecule has 0 unspecified atom stereocenters. The number of carbonyl (C=O) groups is 1. The van der Waals surface area contributed by atoms with Crippen LogP contribution in [0, 0.1) is 5.41 Å². The van der Waals surface area contributed by atoms with Gasteiger partial charge in [0.1, 0.15) is 5.75 Å². The van der Waals surface area contributed by atoms with Crippen molar-refractivity contribution in [3.63, 3.8) is 0 Å². The molecule has 2 aromatic rings. The van der Waals surface area contributed by atoms with Crippen molar-refractivity contribution in [3.8, 4) is 5.75 Å². The first-order valence-electron chi connectivity index (χ1n) is 7.80. The van der Waals surface area contributed by atoms with E-state index in [1.54, 1.807) is 0 Å². The first-order chi connectivity index (χ1) is 10.4. The van der Waals surface area contributed by atoms with Crippen molar-refractivity contribution >= 4 is 28.5 Å². The molecule has 0 radical (unpaired) electrons. The maximum absolute atomic E-state index is 12.1. The van der Waals surface area contributed by atoms with E-state index in [0.29, 0.717) is 5.75 Å². The second-order valence-corrected chi connectivity index (χ2v) is 7.59. The van der Waals surface area contributed by atoms with Gasteiger partial charge in [0.2, 0.25) is 0 Å². The van der Waals surface area contributed by atoms with Crippen molar-refractivity contribution < 1.29 is 9.53 Å². The third-order valence-electron chi connectivity index (χ3n) is 3.41. The quantitative estimate of drug-likeness (QED) is 0.307. The zero-order valence-corrected chi connectivity index (χ0v) is 14.6. The Morgan fingerprint density at radius 3 is 2.41 bits per heavy atom. The van der Waals surface area contributed by atoms with E-state index in [-0.39, 0.29) is 5.97 Å². The predicted molar refractivity (Wildman–Crippen MR) is 94.7 cm³/mol. The molecule has 0 aliphatic carbocycles. The van der Waals surface area contributed by atoms with Crippen molar-refractivity contribution in [1.82, 2.24) is 0 Å². The van der Waals surface area contributed by atoms with Crippen molar-refractivity contribution in [2.24, 2.45) is 5.41 Å². The maximum Gasteiger partial charge on any atom is 0.316 e. The van der Waals surface area contributed by atoms with Crippen molar-refractivity contribution in [2.75, 3.05) is 5.75 Å². The van der Waals surface area contributed by atoms with E-state index in [0.717, 1.165) is 16.5 Å². The van der Waals surface area contributed by atoms with E-state index in [1.165, 1.54) is 17.7 Å². The van der Waals surface area contributed by atoms with E-state index in [4.69, 9.17) is 4.74 Å². The van der Waals surface area contributed by atoms with Crippen molar-refractivity contribution in [2.45, 2.75) is 45.4 Å². The second kappa shape index (κ2) is 7.19. The van der Waals surface area contributed by atoms with E-state index >= 15 is 0 Å². The van der Waals surface area contributed by atoms with Crippen LogP contribution in [0.3, 0.4) is 0 Å². The minimum atomic E-state index is -0.504. The van der Waals surface area contributed by atoms with E-state index in [1.807, 2.05) is 56.8 Å². The number of thioether (sulfide) groups is 1. The number of hydrogen-bond acceptors (Lipinski definition) is 3. The van der Waals surface area contributed by atoms with Crippen LogP contribution in [0.25, 0.3) is 10.8 Å². The zero-order chi connectivity index (χ0) is 16.2. The molecule has 0 N–H and O–H groups in total. The Bertz CT molecular complexity index is 656. The van der Waals surface area contributed by atoms with E-state index in [2.05, 4.69) is 19.1 Å². The molecular weight excluding hydrogens is 292 g/mol. The highest BCUT2D eigenvalue weighted by Gasteiger charge is 2.24. The molecule has 0 aliphatic rings. The van der Waals surface area contributed by atoms with Gasteiger partial charge in [0.05, 0.1) is 5.41 Å². The topological polar surface area (TPSA) is 26.3 Å². The second-order valence-electron chi connectivity index (χ2n) is 6.45. The number of benzene rings is 2. The average Bonchev–Trinajstić information content (AvgIpc) is 2.48. The molecule has 22 heavy (non-hydrogen) atoms. The van der Waals surface area contributed by atoms with Crippen molar-refractivity contribution in [1.29, 1.82) is 0 Å². The molecule has 0 aliphatic heterocycles. The van der Waals surface area contributed by atoms with Crippen LogP contribution in [-0.4, -0.2) is 11.7 Å². The lowest BCUT2D eigenvalue weighted by Crippen LogP contribution is -2.25. The summed E-state index contributed by atoms with van der Waals surface area (Å²) >= 11 is 1.87. The minimum absolute atomic E-state index is 0.205. The molecule has 0 atom stereocenters. The van der Waals surface area contributed by atoms with Crippen LogP contribution in [-0.2, 0) is 4.79 Å². The molecule has 0 bridgehead atoms. The van der Waals surface area contributed by atoms with Gasteiger partial charge in [-0.2, -0.15) is 0 Å². The predicted octanol–water partition coefficient (Wildman–Crippen LogP) is 5.68. The van der Waals surface area contributed by atoms with Crippen molar-refractivity contribution in [3.05, 3.63) is 36.4 Å². The first kappa shape index (κ1) is 16.9. The molecule has 2 nitrogen and oxygen atoms in total. The summed E-state index contributed by atoms with van der Waals surface area (Å²) in [6.07, 6.45) is 2.41. The summed E-state index contributed by atoms with van der Waals surface area (Å²) in [7, 11) is 0. The molecule has 0 spiro atoms. The van der Waals surface area contributed by atoms with Gasteiger partial charge in [0.25, 0.3) is 0 Å². The summed E-state index contributed by atoms with van der Waals surface area (Å²) in [6.45, 7) is 7.80. The van der Waals surface area contributed by atoms with Crippen LogP contribution in [0.5, 0.6) is 5.75 Å². The van der Waals surface area contributed by atoms with Gasteiger partial charge in [-0.15, -0.1) is 11.8 Å². The molecule has 118 valence electrons. The number of fused-ring (bicyclic) bond motifs is 1. The lowest BCUT2D eigenvalue weighted by Gasteiger charge is -2.18. The highest BCUT2D eigenvalue weighted by Crippen LogP contribution is 2.35. The molecule has 3 heteroatoms. The maximum atomic E-state index is 12.1. The first-order valence-corrected chi connectivity index (χ1v) is 8.79. The minimum Gasteiger partial charge on any atom is -0.425 e. The summed E-state index contributed by atoms with van der Waals surface area (Å²) in [4.78, 5) is 13.4. The van der Waals surface area contributed by atoms with Gasteiger partial charge < -0.3 is 4.74 Å². The van der Waals surface area contributed by atoms with Gasteiger partial charge in [-0.1, -0.05) is 37.6 Å². The van der Waals surface area contributed by atoms with E-state index in [9.17, 15) is 4.79 Å². The summed E-state index contributed by atoms with van der Waals surface area (Å²) in [5.74, 6) is 1.56. The Kier molecular flexibility index (Phi) is 5.52. The highest BCUT2D eigenvalue weighted by atomic mass is 32.2. The van der Waals surface area contributed by atoms with Gasteiger partial charge in [-0.3, -0.25) is 4.79 Å². The number of unbranched alkanes of at least 4 members (excludes halogenated alkanes) is 1. The highest BCUT2D eigenvalue weighted by molar-refractivity contribution is 7.99. The fourth-order valence-electron chi connectivity index (χ4n) is 2.04.